The summed E-state index contributed by atoms with van der Waals surface area (Å²) in [5.41, 5.74) is -0.506. The Hall–Kier alpha value is -1.30. The summed E-state index contributed by atoms with van der Waals surface area (Å²) in [5.74, 6) is 0.114. The molecular weight excluding hydrogens is 270 g/mol. The highest BCUT2D eigenvalue weighted by Gasteiger charge is 2.33. The number of hydrogen-bond donors (Lipinski definition) is 1. The Balaban J connectivity index is 1.90. The van der Waals surface area contributed by atoms with Crippen LogP contribution < -0.4 is 5.32 Å². The van der Waals surface area contributed by atoms with E-state index in [0.717, 1.165) is 25.9 Å². The van der Waals surface area contributed by atoms with Crippen LogP contribution in [0.3, 0.4) is 0 Å². The molecule has 0 spiro atoms. The van der Waals surface area contributed by atoms with Crippen molar-refractivity contribution in [1.82, 2.24) is 15.1 Å². The lowest BCUT2D eigenvalue weighted by molar-refractivity contribution is -0.135. The highest BCUT2D eigenvalue weighted by Crippen LogP contribution is 2.14. The van der Waals surface area contributed by atoms with Crippen molar-refractivity contribution in [1.29, 1.82) is 0 Å². The van der Waals surface area contributed by atoms with Gasteiger partial charge in [-0.2, -0.15) is 0 Å². The fraction of sp³-hybridized carbons (Fsp3) is 0.867. The topological polar surface area (TPSA) is 61.9 Å². The lowest BCUT2D eigenvalue weighted by Crippen LogP contribution is -2.59. The second-order valence-electron chi connectivity index (χ2n) is 6.82. The molecule has 120 valence electrons. The molecule has 0 aromatic heterocycles. The van der Waals surface area contributed by atoms with Gasteiger partial charge >= 0.3 is 6.09 Å². The van der Waals surface area contributed by atoms with Gasteiger partial charge in [0.2, 0.25) is 5.91 Å². The van der Waals surface area contributed by atoms with Gasteiger partial charge in [-0.25, -0.2) is 4.79 Å². The van der Waals surface area contributed by atoms with Crippen LogP contribution >= 0.6 is 0 Å². The van der Waals surface area contributed by atoms with Crippen LogP contribution in [0.4, 0.5) is 4.79 Å². The first-order valence-corrected chi connectivity index (χ1v) is 7.87. The Kier molecular flexibility index (Phi) is 5.08. The molecule has 2 amide bonds. The number of nitrogens with one attached hydrogen (secondary N) is 1. The highest BCUT2D eigenvalue weighted by atomic mass is 16.6. The van der Waals surface area contributed by atoms with Gasteiger partial charge in [0.25, 0.3) is 0 Å². The summed E-state index contributed by atoms with van der Waals surface area (Å²) >= 11 is 0. The second-order valence-corrected chi connectivity index (χ2v) is 6.82. The van der Waals surface area contributed by atoms with Crippen LogP contribution in [0, 0.1) is 0 Å². The van der Waals surface area contributed by atoms with Gasteiger partial charge in [-0.15, -0.1) is 0 Å². The van der Waals surface area contributed by atoms with E-state index >= 15 is 0 Å². The normalized spacial score (nSPS) is 23.9. The molecular formula is C15H27N3O3. The SMILES string of the molecule is CC(C)(C)OC(=O)N1CCN[C@H](C(=O)N2CCCCC2)C1. The average molecular weight is 297 g/mol. The number of nitrogens with zero attached hydrogens (tertiary/aromatic N) is 2. The number of piperazine rings is 1. The predicted octanol–water partition coefficient (Wildman–Crippen LogP) is 1.21. The van der Waals surface area contributed by atoms with Gasteiger partial charge in [-0.1, -0.05) is 0 Å². The van der Waals surface area contributed by atoms with Crippen LogP contribution in [0.15, 0.2) is 0 Å². The van der Waals surface area contributed by atoms with E-state index in [1.807, 2.05) is 25.7 Å². The molecule has 2 aliphatic rings. The van der Waals surface area contributed by atoms with Crippen molar-refractivity contribution in [2.75, 3.05) is 32.7 Å². The van der Waals surface area contributed by atoms with Crippen LogP contribution in [-0.2, 0) is 9.53 Å². The summed E-state index contributed by atoms with van der Waals surface area (Å²) in [6.07, 6.45) is 3.02. The maximum Gasteiger partial charge on any atom is 0.410 e. The molecule has 0 bridgehead atoms. The van der Waals surface area contributed by atoms with Gasteiger partial charge in [0.1, 0.15) is 11.6 Å². The van der Waals surface area contributed by atoms with Crippen LogP contribution in [-0.4, -0.2) is 66.2 Å². The van der Waals surface area contributed by atoms with E-state index in [1.54, 1.807) is 4.90 Å². The molecule has 6 nitrogen and oxygen atoms in total. The van der Waals surface area contributed by atoms with Crippen molar-refractivity contribution in [3.05, 3.63) is 0 Å². The summed E-state index contributed by atoms with van der Waals surface area (Å²) in [6, 6.07) is -0.302. The zero-order chi connectivity index (χ0) is 15.5. The Morgan fingerprint density at radius 3 is 2.33 bits per heavy atom. The number of hydrogen-bond acceptors (Lipinski definition) is 4. The van der Waals surface area contributed by atoms with Crippen LogP contribution in [0.25, 0.3) is 0 Å². The molecule has 1 atom stereocenters. The second kappa shape index (κ2) is 6.64. The zero-order valence-corrected chi connectivity index (χ0v) is 13.4. The van der Waals surface area contributed by atoms with E-state index in [4.69, 9.17) is 4.74 Å². The Morgan fingerprint density at radius 2 is 1.71 bits per heavy atom. The standard InChI is InChI=1S/C15H27N3O3/c1-15(2,3)21-14(20)18-10-7-16-12(11-18)13(19)17-8-5-4-6-9-17/h12,16H,4-11H2,1-3H3/t12-/m0/s1. The quantitative estimate of drug-likeness (QED) is 0.790. The maximum atomic E-state index is 12.5. The number of rotatable bonds is 1. The van der Waals surface area contributed by atoms with E-state index in [2.05, 4.69) is 5.32 Å². The van der Waals surface area contributed by atoms with Crippen molar-refractivity contribution in [2.24, 2.45) is 0 Å². The molecule has 0 unspecified atom stereocenters. The van der Waals surface area contributed by atoms with Crippen molar-refractivity contribution in [3.63, 3.8) is 0 Å². The lowest BCUT2D eigenvalue weighted by Gasteiger charge is -2.37. The minimum atomic E-state index is -0.506. The molecule has 0 radical (unpaired) electrons. The number of amides is 2. The van der Waals surface area contributed by atoms with Gasteiger partial charge in [0.15, 0.2) is 0 Å². The molecule has 6 heteroatoms. The van der Waals surface area contributed by atoms with E-state index in [9.17, 15) is 9.59 Å². The molecule has 2 saturated heterocycles. The Morgan fingerprint density at radius 1 is 1.05 bits per heavy atom. The van der Waals surface area contributed by atoms with Crippen LogP contribution in [0.1, 0.15) is 40.0 Å². The number of carbonyl (C=O) groups excluding carboxylic acids is 2. The van der Waals surface area contributed by atoms with E-state index in [1.165, 1.54) is 6.42 Å². The van der Waals surface area contributed by atoms with Gasteiger partial charge in [0.05, 0.1) is 0 Å². The van der Waals surface area contributed by atoms with Gasteiger partial charge < -0.3 is 19.9 Å². The minimum absolute atomic E-state index is 0.114. The third-order valence-electron chi connectivity index (χ3n) is 3.79. The fourth-order valence-corrected chi connectivity index (χ4v) is 2.74. The van der Waals surface area contributed by atoms with Crippen molar-refractivity contribution >= 4 is 12.0 Å². The lowest BCUT2D eigenvalue weighted by atomic mass is 10.1. The minimum Gasteiger partial charge on any atom is -0.444 e. The van der Waals surface area contributed by atoms with Crippen molar-refractivity contribution in [2.45, 2.75) is 51.7 Å². The zero-order valence-electron chi connectivity index (χ0n) is 13.4. The van der Waals surface area contributed by atoms with Crippen molar-refractivity contribution in [3.8, 4) is 0 Å². The molecule has 2 fully saturated rings. The molecule has 0 aliphatic carbocycles. The van der Waals surface area contributed by atoms with Crippen molar-refractivity contribution < 1.29 is 14.3 Å². The first-order valence-electron chi connectivity index (χ1n) is 7.87. The summed E-state index contributed by atoms with van der Waals surface area (Å²) in [6.45, 7) is 8.83. The molecule has 21 heavy (non-hydrogen) atoms. The number of likely N-dealkylation sites (tertiary alicyclic amines) is 1. The summed E-state index contributed by atoms with van der Waals surface area (Å²) in [4.78, 5) is 28.1. The first kappa shape index (κ1) is 16.1. The molecule has 1 N–H and O–H groups in total. The van der Waals surface area contributed by atoms with Gasteiger partial charge in [-0.3, -0.25) is 4.79 Å². The van der Waals surface area contributed by atoms with E-state index in [-0.39, 0.29) is 18.0 Å². The third-order valence-corrected chi connectivity index (χ3v) is 3.79. The average Bonchev–Trinajstić information content (AvgIpc) is 2.46. The summed E-state index contributed by atoms with van der Waals surface area (Å²) < 4.78 is 5.39. The summed E-state index contributed by atoms with van der Waals surface area (Å²) in [5, 5.41) is 3.22. The molecule has 0 aromatic carbocycles. The smallest absolute Gasteiger partial charge is 0.410 e. The van der Waals surface area contributed by atoms with Crippen LogP contribution in [0.2, 0.25) is 0 Å². The summed E-state index contributed by atoms with van der Waals surface area (Å²) in [7, 11) is 0. The molecule has 0 saturated carbocycles. The first-order chi connectivity index (χ1) is 9.87. The molecule has 2 aliphatic heterocycles. The molecule has 0 aromatic rings. The van der Waals surface area contributed by atoms with Gasteiger partial charge in [0, 0.05) is 32.7 Å². The van der Waals surface area contributed by atoms with Crippen LogP contribution in [0.5, 0.6) is 0 Å². The maximum absolute atomic E-state index is 12.5. The van der Waals surface area contributed by atoms with Gasteiger partial charge in [-0.05, 0) is 40.0 Å². The molecule has 2 rings (SSSR count). The monoisotopic (exact) mass is 297 g/mol. The predicted molar refractivity (Wildman–Crippen MR) is 80.0 cm³/mol. The fourth-order valence-electron chi connectivity index (χ4n) is 2.74. The third kappa shape index (κ3) is 4.59. The van der Waals surface area contributed by atoms with E-state index < -0.39 is 5.60 Å². The largest absolute Gasteiger partial charge is 0.444 e. The number of piperidine rings is 1. The number of carbonyl (C=O) groups is 2. The Bertz CT molecular complexity index is 386. The van der Waals surface area contributed by atoms with E-state index in [0.29, 0.717) is 19.6 Å². The number of ether oxygens (including phenoxy) is 1. The molecule has 2 heterocycles. The highest BCUT2D eigenvalue weighted by molar-refractivity contribution is 5.83. The Labute approximate surface area is 126 Å².